The number of fused-ring (bicyclic) bond motifs is 1. The largest absolute Gasteiger partial charge is 0.482 e. The van der Waals surface area contributed by atoms with Crippen LogP contribution in [0.3, 0.4) is 0 Å². The second-order valence-corrected chi connectivity index (χ2v) is 8.55. The maximum atomic E-state index is 11.8. The van der Waals surface area contributed by atoms with Gasteiger partial charge < -0.3 is 14.5 Å². The summed E-state index contributed by atoms with van der Waals surface area (Å²) in [4.78, 5) is 27.8. The minimum atomic E-state index is -0.468. The maximum absolute atomic E-state index is 11.8. The van der Waals surface area contributed by atoms with Crippen molar-refractivity contribution >= 4 is 40.0 Å². The zero-order chi connectivity index (χ0) is 24.5. The quantitative estimate of drug-likeness (QED) is 0.243. The van der Waals surface area contributed by atoms with Crippen LogP contribution in [-0.2, 0) is 4.79 Å². The number of carbonyl (C=O) groups excluding carboxylic acids is 1. The summed E-state index contributed by atoms with van der Waals surface area (Å²) in [6, 6.07) is 15.4. The Kier molecular flexibility index (Phi) is 5.75. The molecular formula is C24H19N5O5S. The SMILES string of the molecule is CC(=Nn1c(-c2ccc3c(c2)NC(=O)CO3)csc1=Nc1ccccc1[N+](=O)[O-])c1ccc(C)o1. The van der Waals surface area contributed by atoms with E-state index in [2.05, 4.69) is 10.3 Å². The number of nitrogens with zero attached hydrogens (tertiary/aromatic N) is 4. The summed E-state index contributed by atoms with van der Waals surface area (Å²) in [6.07, 6.45) is 0. The van der Waals surface area contributed by atoms with Crippen LogP contribution in [-0.4, -0.2) is 27.8 Å². The monoisotopic (exact) mass is 489 g/mol. The van der Waals surface area contributed by atoms with Gasteiger partial charge in [-0.1, -0.05) is 12.1 Å². The molecule has 1 aliphatic heterocycles. The third kappa shape index (κ3) is 4.49. The van der Waals surface area contributed by atoms with Gasteiger partial charge >= 0.3 is 0 Å². The van der Waals surface area contributed by atoms with E-state index in [1.165, 1.54) is 17.4 Å². The molecule has 0 spiro atoms. The number of nitro benzene ring substituents is 1. The Morgan fingerprint density at radius 1 is 1.20 bits per heavy atom. The number of furan rings is 1. The molecule has 4 aromatic rings. The smallest absolute Gasteiger partial charge is 0.294 e. The number of para-hydroxylation sites is 2. The third-order valence-corrected chi connectivity index (χ3v) is 6.05. The highest BCUT2D eigenvalue weighted by molar-refractivity contribution is 7.07. The van der Waals surface area contributed by atoms with Crippen LogP contribution in [0, 0.1) is 17.0 Å². The molecule has 2 aromatic heterocycles. The van der Waals surface area contributed by atoms with Crippen molar-refractivity contribution in [1.82, 2.24) is 4.68 Å². The minimum absolute atomic E-state index is 0.0320. The number of hydrogen-bond donors (Lipinski definition) is 1. The first-order valence-electron chi connectivity index (χ1n) is 10.6. The molecular weight excluding hydrogens is 470 g/mol. The Hall–Kier alpha value is -4.51. The molecule has 0 fully saturated rings. The number of aromatic nitrogens is 1. The zero-order valence-electron chi connectivity index (χ0n) is 18.7. The van der Waals surface area contributed by atoms with Crippen LogP contribution in [0.15, 0.2) is 74.5 Å². The van der Waals surface area contributed by atoms with E-state index < -0.39 is 4.92 Å². The number of thiazole rings is 1. The molecule has 0 aliphatic carbocycles. The predicted molar refractivity (Wildman–Crippen MR) is 131 cm³/mol. The highest BCUT2D eigenvalue weighted by Gasteiger charge is 2.19. The summed E-state index contributed by atoms with van der Waals surface area (Å²) in [5, 5.41) is 20.9. The second kappa shape index (κ2) is 9.03. The average Bonchev–Trinajstić information content (AvgIpc) is 3.45. The van der Waals surface area contributed by atoms with E-state index in [0.717, 1.165) is 11.3 Å². The fourth-order valence-corrected chi connectivity index (χ4v) is 4.40. The summed E-state index contributed by atoms with van der Waals surface area (Å²) in [5.74, 6) is 1.68. The van der Waals surface area contributed by atoms with Gasteiger partial charge in [0.2, 0.25) is 4.80 Å². The number of amides is 1. The first-order chi connectivity index (χ1) is 16.9. The number of carbonyl (C=O) groups is 1. The molecule has 0 atom stereocenters. The molecule has 0 saturated carbocycles. The fourth-order valence-electron chi connectivity index (χ4n) is 3.56. The summed E-state index contributed by atoms with van der Waals surface area (Å²) in [6.45, 7) is 3.62. The number of nitrogens with one attached hydrogen (secondary N) is 1. The van der Waals surface area contributed by atoms with Crippen LogP contribution in [0.4, 0.5) is 17.1 Å². The highest BCUT2D eigenvalue weighted by atomic mass is 32.1. The number of benzene rings is 2. The van der Waals surface area contributed by atoms with Gasteiger partial charge in [-0.05, 0) is 50.2 Å². The Balaban J connectivity index is 1.69. The normalized spacial score (nSPS) is 13.8. The maximum Gasteiger partial charge on any atom is 0.294 e. The molecule has 0 radical (unpaired) electrons. The number of anilines is 1. The van der Waals surface area contributed by atoms with Gasteiger partial charge in [0, 0.05) is 17.0 Å². The molecule has 1 amide bonds. The van der Waals surface area contributed by atoms with E-state index in [-0.39, 0.29) is 23.9 Å². The number of rotatable bonds is 5. The van der Waals surface area contributed by atoms with Gasteiger partial charge in [0.25, 0.3) is 11.6 Å². The molecule has 10 nitrogen and oxygen atoms in total. The van der Waals surface area contributed by atoms with Gasteiger partial charge in [0.15, 0.2) is 6.61 Å². The van der Waals surface area contributed by atoms with E-state index in [4.69, 9.17) is 14.3 Å². The lowest BCUT2D eigenvalue weighted by Gasteiger charge is -2.18. The van der Waals surface area contributed by atoms with E-state index in [9.17, 15) is 14.9 Å². The van der Waals surface area contributed by atoms with Crippen LogP contribution in [0.25, 0.3) is 11.3 Å². The Bertz CT molecular complexity index is 1560. The van der Waals surface area contributed by atoms with Crippen LogP contribution in [0.1, 0.15) is 18.4 Å². The molecule has 1 N–H and O–H groups in total. The molecule has 176 valence electrons. The van der Waals surface area contributed by atoms with Crippen LogP contribution < -0.4 is 14.9 Å². The van der Waals surface area contributed by atoms with Crippen molar-refractivity contribution in [1.29, 1.82) is 0 Å². The van der Waals surface area contributed by atoms with Gasteiger partial charge in [0.05, 0.1) is 16.3 Å². The van der Waals surface area contributed by atoms with Gasteiger partial charge in [-0.25, -0.2) is 9.67 Å². The summed E-state index contributed by atoms with van der Waals surface area (Å²) in [5.41, 5.74) is 2.68. The van der Waals surface area contributed by atoms with Gasteiger partial charge in [0.1, 0.15) is 28.7 Å². The van der Waals surface area contributed by atoms with Crippen LogP contribution in [0.2, 0.25) is 0 Å². The second-order valence-electron chi connectivity index (χ2n) is 7.72. The first-order valence-corrected chi connectivity index (χ1v) is 11.4. The number of ether oxygens (including phenoxy) is 1. The van der Waals surface area contributed by atoms with E-state index in [0.29, 0.717) is 33.4 Å². The van der Waals surface area contributed by atoms with Gasteiger partial charge in [-0.15, -0.1) is 11.3 Å². The van der Waals surface area contributed by atoms with E-state index in [1.807, 2.05) is 37.4 Å². The molecule has 0 unspecified atom stereocenters. The first kappa shape index (κ1) is 22.3. The molecule has 5 rings (SSSR count). The zero-order valence-corrected chi connectivity index (χ0v) is 19.5. The molecule has 35 heavy (non-hydrogen) atoms. The van der Waals surface area contributed by atoms with Crippen molar-refractivity contribution in [2.24, 2.45) is 10.1 Å². The molecule has 3 heterocycles. The fraction of sp³-hybridized carbons (Fsp3) is 0.125. The Morgan fingerprint density at radius 2 is 2.03 bits per heavy atom. The standard InChI is InChI=1S/C24H19N5O5S/c1-14-7-9-21(34-14)15(2)27-28-20(16-8-10-22-18(11-16)25-23(30)12-33-22)13-35-24(28)26-17-5-3-4-6-19(17)29(31)32/h3-11,13H,12H2,1-2H3,(H,25,30). The lowest BCUT2D eigenvalue weighted by molar-refractivity contribution is -0.384. The lowest BCUT2D eigenvalue weighted by atomic mass is 10.1. The van der Waals surface area contributed by atoms with Crippen molar-refractivity contribution in [3.63, 3.8) is 0 Å². The van der Waals surface area contributed by atoms with E-state index >= 15 is 0 Å². The molecule has 1 aliphatic rings. The Morgan fingerprint density at radius 3 is 2.80 bits per heavy atom. The highest BCUT2D eigenvalue weighted by Crippen LogP contribution is 2.33. The summed E-state index contributed by atoms with van der Waals surface area (Å²) >= 11 is 1.28. The van der Waals surface area contributed by atoms with Gasteiger partial charge in [-0.2, -0.15) is 5.10 Å². The van der Waals surface area contributed by atoms with Crippen molar-refractivity contribution in [3.05, 3.63) is 86.4 Å². The summed E-state index contributed by atoms with van der Waals surface area (Å²) in [7, 11) is 0. The van der Waals surface area contributed by atoms with Crippen molar-refractivity contribution in [2.75, 3.05) is 11.9 Å². The molecule has 0 bridgehead atoms. The molecule has 11 heteroatoms. The number of hydrogen-bond acceptors (Lipinski definition) is 8. The minimum Gasteiger partial charge on any atom is -0.482 e. The van der Waals surface area contributed by atoms with E-state index in [1.54, 1.807) is 35.0 Å². The molecule has 0 saturated heterocycles. The van der Waals surface area contributed by atoms with Crippen LogP contribution in [0.5, 0.6) is 5.75 Å². The van der Waals surface area contributed by atoms with Crippen molar-refractivity contribution in [3.8, 4) is 17.0 Å². The van der Waals surface area contributed by atoms with Crippen molar-refractivity contribution in [2.45, 2.75) is 13.8 Å². The van der Waals surface area contributed by atoms with Crippen molar-refractivity contribution < 1.29 is 18.9 Å². The number of nitro groups is 1. The average molecular weight is 490 g/mol. The van der Waals surface area contributed by atoms with Crippen LogP contribution >= 0.6 is 11.3 Å². The number of aryl methyl sites for hydroxylation is 1. The third-order valence-electron chi connectivity index (χ3n) is 5.24. The summed E-state index contributed by atoms with van der Waals surface area (Å²) < 4.78 is 12.8. The Labute approximate surface area is 203 Å². The topological polar surface area (TPSA) is 124 Å². The predicted octanol–water partition coefficient (Wildman–Crippen LogP) is 4.86. The lowest BCUT2D eigenvalue weighted by Crippen LogP contribution is -2.25. The van der Waals surface area contributed by atoms with Gasteiger partial charge in [-0.3, -0.25) is 14.9 Å². The molecule has 2 aromatic carbocycles.